The fourth-order valence-corrected chi connectivity index (χ4v) is 1.56. The summed E-state index contributed by atoms with van der Waals surface area (Å²) >= 11 is 0. The maximum atomic E-state index is 3.77. The quantitative estimate of drug-likeness (QED) is 0.633. The van der Waals surface area contributed by atoms with Crippen LogP contribution >= 0.6 is 0 Å². The Kier molecular flexibility index (Phi) is 2.19. The first-order valence-electron chi connectivity index (χ1n) is 4.57. The van der Waals surface area contributed by atoms with Crippen LogP contribution in [-0.2, 0) is 7.05 Å². The molecule has 2 heteroatoms. The van der Waals surface area contributed by atoms with Gasteiger partial charge in [-0.2, -0.15) is 4.57 Å². The van der Waals surface area contributed by atoms with Crippen LogP contribution in [-0.4, -0.2) is 4.57 Å². The second-order valence-electron chi connectivity index (χ2n) is 3.18. The van der Waals surface area contributed by atoms with Crippen LogP contribution in [0, 0.1) is 0 Å². The highest BCUT2D eigenvalue weighted by molar-refractivity contribution is 5.55. The van der Waals surface area contributed by atoms with Gasteiger partial charge in [0.25, 0.3) is 0 Å². The standard InChI is InChI=1S/C12H13N2/c1-3-14-10-6-8-12(14)11-7-4-5-9-13(11)2/h3-10H,1H2,2H3/q+1. The normalized spacial score (nSPS) is 10.1. The van der Waals surface area contributed by atoms with E-state index in [1.165, 1.54) is 5.69 Å². The molecule has 0 amide bonds. The molecule has 0 bridgehead atoms. The molecule has 0 saturated carbocycles. The molecule has 0 aliphatic carbocycles. The van der Waals surface area contributed by atoms with Gasteiger partial charge in [0, 0.05) is 24.5 Å². The van der Waals surface area contributed by atoms with Crippen LogP contribution in [0.25, 0.3) is 17.6 Å². The van der Waals surface area contributed by atoms with Crippen molar-refractivity contribution in [1.82, 2.24) is 4.57 Å². The van der Waals surface area contributed by atoms with Gasteiger partial charge in [0.1, 0.15) is 12.7 Å². The van der Waals surface area contributed by atoms with Crippen LogP contribution in [0.3, 0.4) is 0 Å². The second kappa shape index (κ2) is 3.50. The zero-order valence-electron chi connectivity index (χ0n) is 8.22. The minimum Gasteiger partial charge on any atom is -0.319 e. The summed E-state index contributed by atoms with van der Waals surface area (Å²) in [5.41, 5.74) is 2.33. The maximum absolute atomic E-state index is 3.77. The highest BCUT2D eigenvalue weighted by Gasteiger charge is 2.10. The minimum absolute atomic E-state index is 1.16. The number of hydrogen-bond acceptors (Lipinski definition) is 0. The third-order valence-electron chi connectivity index (χ3n) is 2.29. The molecule has 2 heterocycles. The van der Waals surface area contributed by atoms with E-state index in [0.29, 0.717) is 0 Å². The summed E-state index contributed by atoms with van der Waals surface area (Å²) in [5, 5.41) is 0. The van der Waals surface area contributed by atoms with Crippen molar-refractivity contribution in [1.29, 1.82) is 0 Å². The number of aryl methyl sites for hydroxylation is 1. The number of pyridine rings is 1. The Labute approximate surface area is 83.7 Å². The molecule has 2 aromatic rings. The number of rotatable bonds is 2. The first-order chi connectivity index (χ1) is 6.83. The Morgan fingerprint density at radius 1 is 1.29 bits per heavy atom. The fourth-order valence-electron chi connectivity index (χ4n) is 1.56. The lowest BCUT2D eigenvalue weighted by Gasteiger charge is -2.01. The van der Waals surface area contributed by atoms with E-state index in [1.807, 2.05) is 48.4 Å². The molecule has 70 valence electrons. The van der Waals surface area contributed by atoms with Crippen LogP contribution < -0.4 is 4.57 Å². The van der Waals surface area contributed by atoms with Crippen LogP contribution in [0.5, 0.6) is 0 Å². The van der Waals surface area contributed by atoms with Gasteiger partial charge in [-0.05, 0) is 18.2 Å². The Bertz CT molecular complexity index is 455. The van der Waals surface area contributed by atoms with Crippen molar-refractivity contribution in [2.45, 2.75) is 0 Å². The first-order valence-corrected chi connectivity index (χ1v) is 4.57. The Balaban J connectivity index is 2.60. The molecule has 0 atom stereocenters. The number of hydrogen-bond donors (Lipinski definition) is 0. The maximum Gasteiger partial charge on any atom is 0.229 e. The van der Waals surface area contributed by atoms with Crippen LogP contribution in [0.1, 0.15) is 0 Å². The van der Waals surface area contributed by atoms with Gasteiger partial charge in [0.15, 0.2) is 6.20 Å². The summed E-state index contributed by atoms with van der Waals surface area (Å²) in [4.78, 5) is 0. The Morgan fingerprint density at radius 3 is 2.86 bits per heavy atom. The highest BCUT2D eigenvalue weighted by Crippen LogP contribution is 2.15. The Morgan fingerprint density at radius 2 is 2.14 bits per heavy atom. The lowest BCUT2D eigenvalue weighted by atomic mass is 10.2. The molecule has 0 unspecified atom stereocenters. The molecule has 0 saturated heterocycles. The van der Waals surface area contributed by atoms with Crippen molar-refractivity contribution in [3.63, 3.8) is 0 Å². The highest BCUT2D eigenvalue weighted by atomic mass is 15.0. The van der Waals surface area contributed by atoms with E-state index < -0.39 is 0 Å². The summed E-state index contributed by atoms with van der Waals surface area (Å²) < 4.78 is 4.10. The number of aromatic nitrogens is 2. The van der Waals surface area contributed by atoms with Gasteiger partial charge in [0.05, 0.1) is 0 Å². The monoisotopic (exact) mass is 185 g/mol. The average molecular weight is 185 g/mol. The molecule has 0 spiro atoms. The summed E-state index contributed by atoms with van der Waals surface area (Å²) in [7, 11) is 2.04. The van der Waals surface area contributed by atoms with Gasteiger partial charge < -0.3 is 4.57 Å². The van der Waals surface area contributed by atoms with Crippen molar-refractivity contribution < 1.29 is 4.57 Å². The van der Waals surface area contributed by atoms with Crippen molar-refractivity contribution in [2.75, 3.05) is 0 Å². The third-order valence-corrected chi connectivity index (χ3v) is 2.29. The molecule has 14 heavy (non-hydrogen) atoms. The summed E-state index contributed by atoms with van der Waals surface area (Å²) in [6.45, 7) is 3.77. The van der Waals surface area contributed by atoms with E-state index in [0.717, 1.165) is 5.69 Å². The molecule has 0 fully saturated rings. The summed E-state index contributed by atoms with van der Waals surface area (Å²) in [5.74, 6) is 0. The van der Waals surface area contributed by atoms with E-state index in [1.54, 1.807) is 0 Å². The molecule has 0 N–H and O–H groups in total. The van der Waals surface area contributed by atoms with Crippen molar-refractivity contribution >= 4 is 6.20 Å². The zero-order chi connectivity index (χ0) is 9.97. The van der Waals surface area contributed by atoms with Crippen LogP contribution in [0.15, 0.2) is 49.3 Å². The van der Waals surface area contributed by atoms with E-state index in [9.17, 15) is 0 Å². The number of nitrogens with zero attached hydrogens (tertiary/aromatic N) is 2. The van der Waals surface area contributed by atoms with Gasteiger partial charge in [-0.15, -0.1) is 0 Å². The van der Waals surface area contributed by atoms with Gasteiger partial charge in [-0.25, -0.2) is 0 Å². The van der Waals surface area contributed by atoms with Crippen molar-refractivity contribution in [2.24, 2.45) is 7.05 Å². The fraction of sp³-hybridized carbons (Fsp3) is 0.0833. The molecule has 0 aliphatic rings. The first kappa shape index (κ1) is 8.75. The summed E-state index contributed by atoms with van der Waals surface area (Å²) in [6.07, 6.45) is 5.84. The SMILES string of the molecule is C=Cn1cccc1-c1cccc[n+]1C. The Hall–Kier alpha value is -1.83. The minimum atomic E-state index is 1.16. The zero-order valence-corrected chi connectivity index (χ0v) is 8.22. The van der Waals surface area contributed by atoms with Gasteiger partial charge >= 0.3 is 0 Å². The second-order valence-corrected chi connectivity index (χ2v) is 3.18. The van der Waals surface area contributed by atoms with Crippen LogP contribution in [0.4, 0.5) is 0 Å². The van der Waals surface area contributed by atoms with E-state index in [-0.39, 0.29) is 0 Å². The molecular weight excluding hydrogens is 172 g/mol. The van der Waals surface area contributed by atoms with E-state index >= 15 is 0 Å². The van der Waals surface area contributed by atoms with Gasteiger partial charge in [-0.3, -0.25) is 0 Å². The predicted octanol–water partition coefficient (Wildman–Crippen LogP) is 2.08. The molecule has 0 aromatic carbocycles. The van der Waals surface area contributed by atoms with Gasteiger partial charge in [-0.1, -0.05) is 6.58 Å². The topological polar surface area (TPSA) is 8.81 Å². The molecule has 0 aliphatic heterocycles. The summed E-state index contributed by atoms with van der Waals surface area (Å²) in [6, 6.07) is 10.2. The smallest absolute Gasteiger partial charge is 0.229 e. The third kappa shape index (κ3) is 1.35. The van der Waals surface area contributed by atoms with Crippen molar-refractivity contribution in [3.8, 4) is 11.4 Å². The van der Waals surface area contributed by atoms with Crippen molar-refractivity contribution in [3.05, 3.63) is 49.3 Å². The van der Waals surface area contributed by atoms with Gasteiger partial charge in [0.2, 0.25) is 5.69 Å². The molecule has 2 nitrogen and oxygen atoms in total. The van der Waals surface area contributed by atoms with Crippen LogP contribution in [0.2, 0.25) is 0 Å². The lowest BCUT2D eigenvalue weighted by Crippen LogP contribution is -2.30. The van der Waals surface area contributed by atoms with E-state index in [4.69, 9.17) is 0 Å². The average Bonchev–Trinajstić information content (AvgIpc) is 2.66. The molecule has 0 radical (unpaired) electrons. The molecule has 2 rings (SSSR count). The predicted molar refractivity (Wildman–Crippen MR) is 57.4 cm³/mol. The molecule has 2 aromatic heterocycles. The van der Waals surface area contributed by atoms with E-state index in [2.05, 4.69) is 23.3 Å². The lowest BCUT2D eigenvalue weighted by molar-refractivity contribution is -0.660. The molecular formula is C12H13N2+. The largest absolute Gasteiger partial charge is 0.319 e.